The maximum absolute atomic E-state index is 9.77. The van der Waals surface area contributed by atoms with E-state index in [1.165, 1.54) is 0 Å². The Hall–Kier alpha value is -0.980. The van der Waals surface area contributed by atoms with Gasteiger partial charge in [0.2, 0.25) is 0 Å². The van der Waals surface area contributed by atoms with Gasteiger partial charge in [-0.25, -0.2) is 5.90 Å². The van der Waals surface area contributed by atoms with Crippen molar-refractivity contribution in [3.05, 3.63) is 16.1 Å². The summed E-state index contributed by atoms with van der Waals surface area (Å²) in [6, 6.07) is 1.66. The lowest BCUT2D eigenvalue weighted by molar-refractivity contribution is 0.113. The molecule has 0 aliphatic carbocycles. The quantitative estimate of drug-likeness (QED) is 0.797. The van der Waals surface area contributed by atoms with Gasteiger partial charge < -0.3 is 14.6 Å². The monoisotopic (exact) mass is 275 g/mol. The second-order valence-electron chi connectivity index (χ2n) is 3.02. The second kappa shape index (κ2) is 4.26. The first-order valence-corrected chi connectivity index (χ1v) is 5.15. The molecule has 5 nitrogen and oxygen atoms in total. The maximum Gasteiger partial charge on any atom is 0.170 e. The van der Waals surface area contributed by atoms with E-state index in [1.54, 1.807) is 6.07 Å². The van der Waals surface area contributed by atoms with E-state index in [2.05, 4.69) is 20.8 Å². The van der Waals surface area contributed by atoms with E-state index in [9.17, 15) is 5.11 Å². The summed E-state index contributed by atoms with van der Waals surface area (Å²) in [6.07, 6.45) is 0. The molecule has 1 aliphatic heterocycles. The topological polar surface area (TPSA) is 73.9 Å². The Labute approximate surface area is 94.8 Å². The fraction of sp³-hybridized carbons (Fsp3) is 0.333. The van der Waals surface area contributed by atoms with E-state index in [0.717, 1.165) is 0 Å². The third-order valence-electron chi connectivity index (χ3n) is 2.08. The van der Waals surface area contributed by atoms with Gasteiger partial charge in [0.15, 0.2) is 11.5 Å². The van der Waals surface area contributed by atoms with Crippen molar-refractivity contribution in [2.45, 2.75) is 6.61 Å². The Kier molecular flexibility index (Phi) is 2.99. The van der Waals surface area contributed by atoms with Crippen molar-refractivity contribution in [1.82, 2.24) is 0 Å². The Morgan fingerprint density at radius 3 is 2.93 bits per heavy atom. The smallest absolute Gasteiger partial charge is 0.170 e. The average molecular weight is 276 g/mol. The van der Waals surface area contributed by atoms with Crippen LogP contribution in [0.25, 0.3) is 0 Å². The van der Waals surface area contributed by atoms with Gasteiger partial charge in [0.05, 0.1) is 10.0 Å². The highest BCUT2D eigenvalue weighted by Crippen LogP contribution is 2.43. The number of phenols is 1. The number of halogens is 1. The number of nitrogens with two attached hydrogens (primary N) is 1. The van der Waals surface area contributed by atoms with Crippen LogP contribution in [0.15, 0.2) is 10.5 Å². The number of phenolic OH excluding ortho intramolecular Hbond substituents is 1. The van der Waals surface area contributed by atoms with E-state index in [4.69, 9.17) is 15.4 Å². The molecule has 0 radical (unpaired) electrons. The minimum atomic E-state index is 0.0599. The Bertz CT molecular complexity index is 383. The molecule has 0 amide bonds. The number of aromatic hydroxyl groups is 1. The van der Waals surface area contributed by atoms with Crippen molar-refractivity contribution in [1.29, 1.82) is 0 Å². The standard InChI is InChI=1S/C9H10BrNO4/c10-6-3-7-9(14-2-1-13-7)5(4-15-11)8(6)12/h3,12H,1-2,4,11H2. The minimum Gasteiger partial charge on any atom is -0.506 e. The molecule has 1 aliphatic rings. The highest BCUT2D eigenvalue weighted by Gasteiger charge is 2.21. The highest BCUT2D eigenvalue weighted by molar-refractivity contribution is 9.10. The van der Waals surface area contributed by atoms with E-state index in [-0.39, 0.29) is 12.4 Å². The summed E-state index contributed by atoms with van der Waals surface area (Å²) in [5, 5.41) is 9.77. The van der Waals surface area contributed by atoms with Crippen molar-refractivity contribution in [3.8, 4) is 17.2 Å². The molecule has 1 heterocycles. The van der Waals surface area contributed by atoms with Crippen LogP contribution in [-0.4, -0.2) is 18.3 Å². The van der Waals surface area contributed by atoms with Crippen molar-refractivity contribution in [2.75, 3.05) is 13.2 Å². The molecule has 3 N–H and O–H groups in total. The van der Waals surface area contributed by atoms with Crippen LogP contribution >= 0.6 is 15.9 Å². The summed E-state index contributed by atoms with van der Waals surface area (Å²) >= 11 is 3.21. The summed E-state index contributed by atoms with van der Waals surface area (Å²) in [5.41, 5.74) is 0.488. The lowest BCUT2D eigenvalue weighted by atomic mass is 10.1. The van der Waals surface area contributed by atoms with Crippen molar-refractivity contribution >= 4 is 15.9 Å². The summed E-state index contributed by atoms with van der Waals surface area (Å²) in [4.78, 5) is 4.51. The fourth-order valence-corrected chi connectivity index (χ4v) is 1.87. The molecular formula is C9H10BrNO4. The summed E-state index contributed by atoms with van der Waals surface area (Å²) in [5.74, 6) is 6.12. The van der Waals surface area contributed by atoms with Gasteiger partial charge >= 0.3 is 0 Å². The van der Waals surface area contributed by atoms with Crippen LogP contribution in [-0.2, 0) is 11.4 Å². The molecular weight excluding hydrogens is 266 g/mol. The van der Waals surface area contributed by atoms with Gasteiger partial charge in [-0.1, -0.05) is 0 Å². The Morgan fingerprint density at radius 2 is 2.20 bits per heavy atom. The summed E-state index contributed by atoms with van der Waals surface area (Å²) in [6.45, 7) is 1.01. The summed E-state index contributed by atoms with van der Waals surface area (Å²) < 4.78 is 11.3. The molecule has 1 aromatic rings. The fourth-order valence-electron chi connectivity index (χ4n) is 1.43. The normalized spacial score (nSPS) is 14.0. The lowest BCUT2D eigenvalue weighted by Gasteiger charge is -2.22. The molecule has 0 saturated heterocycles. The molecule has 6 heteroatoms. The lowest BCUT2D eigenvalue weighted by Crippen LogP contribution is -2.17. The molecule has 0 aromatic heterocycles. The molecule has 0 bridgehead atoms. The van der Waals surface area contributed by atoms with Crippen molar-refractivity contribution in [2.24, 2.45) is 5.90 Å². The van der Waals surface area contributed by atoms with E-state index in [0.29, 0.717) is 34.7 Å². The number of fused-ring (bicyclic) bond motifs is 1. The van der Waals surface area contributed by atoms with E-state index in [1.807, 2.05) is 0 Å². The molecule has 0 unspecified atom stereocenters. The molecule has 15 heavy (non-hydrogen) atoms. The molecule has 82 valence electrons. The minimum absolute atomic E-state index is 0.0599. The van der Waals surface area contributed by atoms with Crippen LogP contribution in [0.2, 0.25) is 0 Å². The highest BCUT2D eigenvalue weighted by atomic mass is 79.9. The second-order valence-corrected chi connectivity index (χ2v) is 3.88. The first kappa shape index (κ1) is 10.5. The third kappa shape index (κ3) is 1.88. The maximum atomic E-state index is 9.77. The zero-order chi connectivity index (χ0) is 10.8. The van der Waals surface area contributed by atoms with Crippen LogP contribution < -0.4 is 15.4 Å². The van der Waals surface area contributed by atoms with Gasteiger partial charge in [0.1, 0.15) is 25.6 Å². The Morgan fingerprint density at radius 1 is 1.47 bits per heavy atom. The van der Waals surface area contributed by atoms with Crippen LogP contribution in [0.3, 0.4) is 0 Å². The van der Waals surface area contributed by atoms with Gasteiger partial charge in [-0.05, 0) is 15.9 Å². The average Bonchev–Trinajstić information content (AvgIpc) is 2.25. The molecule has 1 aromatic carbocycles. The van der Waals surface area contributed by atoms with Gasteiger partial charge in [-0.3, -0.25) is 4.84 Å². The predicted molar refractivity (Wildman–Crippen MR) is 55.8 cm³/mol. The molecule has 0 fully saturated rings. The number of hydrogen-bond acceptors (Lipinski definition) is 5. The van der Waals surface area contributed by atoms with E-state index >= 15 is 0 Å². The van der Waals surface area contributed by atoms with Crippen LogP contribution in [0.1, 0.15) is 5.56 Å². The van der Waals surface area contributed by atoms with Gasteiger partial charge in [0.25, 0.3) is 0 Å². The predicted octanol–water partition coefficient (Wildman–Crippen LogP) is 1.32. The van der Waals surface area contributed by atoms with Gasteiger partial charge in [-0.2, -0.15) is 0 Å². The van der Waals surface area contributed by atoms with Crippen molar-refractivity contribution < 1.29 is 19.4 Å². The Balaban J connectivity index is 2.52. The SMILES string of the molecule is NOCc1c(O)c(Br)cc2c1OCCO2. The van der Waals surface area contributed by atoms with Gasteiger partial charge in [-0.15, -0.1) is 0 Å². The molecule has 0 spiro atoms. The van der Waals surface area contributed by atoms with Crippen LogP contribution in [0, 0.1) is 0 Å². The zero-order valence-corrected chi connectivity index (χ0v) is 9.41. The number of ether oxygens (including phenoxy) is 2. The third-order valence-corrected chi connectivity index (χ3v) is 2.69. The largest absolute Gasteiger partial charge is 0.506 e. The number of rotatable bonds is 2. The van der Waals surface area contributed by atoms with E-state index < -0.39 is 0 Å². The number of hydrogen-bond donors (Lipinski definition) is 2. The molecule has 0 atom stereocenters. The zero-order valence-electron chi connectivity index (χ0n) is 7.83. The molecule has 0 saturated carbocycles. The first-order chi connectivity index (χ1) is 7.24. The first-order valence-electron chi connectivity index (χ1n) is 4.35. The summed E-state index contributed by atoms with van der Waals surface area (Å²) in [7, 11) is 0. The molecule has 2 rings (SSSR count). The van der Waals surface area contributed by atoms with Crippen LogP contribution in [0.5, 0.6) is 17.2 Å². The van der Waals surface area contributed by atoms with Crippen LogP contribution in [0.4, 0.5) is 0 Å². The number of benzene rings is 1. The van der Waals surface area contributed by atoms with Crippen molar-refractivity contribution in [3.63, 3.8) is 0 Å². The van der Waals surface area contributed by atoms with Gasteiger partial charge in [0, 0.05) is 6.07 Å².